The van der Waals surface area contributed by atoms with Gasteiger partial charge in [-0.3, -0.25) is 0 Å². The molecule has 1 aromatic carbocycles. The van der Waals surface area contributed by atoms with Crippen molar-refractivity contribution < 1.29 is 4.79 Å². The van der Waals surface area contributed by atoms with E-state index in [0.29, 0.717) is 11.6 Å². The van der Waals surface area contributed by atoms with Crippen LogP contribution in [0.1, 0.15) is 25.8 Å². The molecule has 118 valence electrons. The molecule has 22 heavy (non-hydrogen) atoms. The number of amides is 2. The van der Waals surface area contributed by atoms with Gasteiger partial charge < -0.3 is 15.2 Å². The van der Waals surface area contributed by atoms with Crippen LogP contribution in [-0.4, -0.2) is 22.1 Å². The summed E-state index contributed by atoms with van der Waals surface area (Å²) < 4.78 is 1.98. The SMILES string of the molecule is CC(C)(NC(=O)NCCCn1ccnc1)c1cccc(Cl)c1. The number of imidazole rings is 1. The molecule has 0 saturated heterocycles. The first kappa shape index (κ1) is 16.4. The Balaban J connectivity index is 1.78. The summed E-state index contributed by atoms with van der Waals surface area (Å²) in [5.41, 5.74) is 0.479. The zero-order chi connectivity index (χ0) is 16.0. The Morgan fingerprint density at radius 3 is 2.91 bits per heavy atom. The van der Waals surface area contributed by atoms with Crippen molar-refractivity contribution in [3.8, 4) is 0 Å². The molecule has 0 bridgehead atoms. The van der Waals surface area contributed by atoms with Crippen LogP contribution in [-0.2, 0) is 12.1 Å². The number of carbonyl (C=O) groups is 1. The maximum absolute atomic E-state index is 12.0. The van der Waals surface area contributed by atoms with E-state index in [9.17, 15) is 4.79 Å². The van der Waals surface area contributed by atoms with Crippen molar-refractivity contribution in [3.63, 3.8) is 0 Å². The van der Waals surface area contributed by atoms with Gasteiger partial charge in [-0.1, -0.05) is 23.7 Å². The Labute approximate surface area is 135 Å². The van der Waals surface area contributed by atoms with Crippen LogP contribution in [0.5, 0.6) is 0 Å². The lowest BCUT2D eigenvalue weighted by Crippen LogP contribution is -2.46. The van der Waals surface area contributed by atoms with Gasteiger partial charge in [-0.05, 0) is 38.0 Å². The average molecular weight is 321 g/mol. The minimum Gasteiger partial charge on any atom is -0.338 e. The van der Waals surface area contributed by atoms with E-state index in [1.807, 2.05) is 48.9 Å². The van der Waals surface area contributed by atoms with Gasteiger partial charge in [0.15, 0.2) is 0 Å². The van der Waals surface area contributed by atoms with Crippen LogP contribution in [0, 0.1) is 0 Å². The quantitative estimate of drug-likeness (QED) is 0.803. The van der Waals surface area contributed by atoms with Gasteiger partial charge in [0, 0.05) is 30.5 Å². The molecule has 0 radical (unpaired) electrons. The highest BCUT2D eigenvalue weighted by atomic mass is 35.5. The fourth-order valence-corrected chi connectivity index (χ4v) is 2.35. The van der Waals surface area contributed by atoms with E-state index in [4.69, 9.17) is 11.6 Å². The number of nitrogens with one attached hydrogen (secondary N) is 2. The minimum atomic E-state index is -0.487. The zero-order valence-corrected chi connectivity index (χ0v) is 13.6. The van der Waals surface area contributed by atoms with Crippen LogP contribution in [0.2, 0.25) is 5.02 Å². The molecule has 2 rings (SSSR count). The number of aryl methyl sites for hydroxylation is 1. The summed E-state index contributed by atoms with van der Waals surface area (Å²) in [5, 5.41) is 6.49. The van der Waals surface area contributed by atoms with E-state index in [0.717, 1.165) is 18.5 Å². The summed E-state index contributed by atoms with van der Waals surface area (Å²) in [6.07, 6.45) is 6.26. The lowest BCUT2D eigenvalue weighted by molar-refractivity contribution is 0.229. The molecule has 0 saturated carbocycles. The fourth-order valence-electron chi connectivity index (χ4n) is 2.16. The van der Waals surface area contributed by atoms with E-state index in [1.165, 1.54) is 0 Å². The van der Waals surface area contributed by atoms with Crippen LogP contribution >= 0.6 is 11.6 Å². The third-order valence-corrected chi connectivity index (χ3v) is 3.65. The molecular formula is C16H21ClN4O. The molecule has 5 nitrogen and oxygen atoms in total. The maximum Gasteiger partial charge on any atom is 0.315 e. The summed E-state index contributed by atoms with van der Waals surface area (Å²) in [7, 11) is 0. The van der Waals surface area contributed by atoms with Crippen molar-refractivity contribution in [2.24, 2.45) is 0 Å². The van der Waals surface area contributed by atoms with E-state index in [-0.39, 0.29) is 6.03 Å². The molecule has 1 aromatic heterocycles. The van der Waals surface area contributed by atoms with Crippen LogP contribution in [0.3, 0.4) is 0 Å². The highest BCUT2D eigenvalue weighted by Crippen LogP contribution is 2.22. The van der Waals surface area contributed by atoms with Crippen molar-refractivity contribution in [1.82, 2.24) is 20.2 Å². The Kier molecular flexibility index (Phi) is 5.44. The number of urea groups is 1. The lowest BCUT2D eigenvalue weighted by atomic mass is 9.94. The van der Waals surface area contributed by atoms with E-state index >= 15 is 0 Å². The minimum absolute atomic E-state index is 0.185. The molecule has 1 heterocycles. The third kappa shape index (κ3) is 4.77. The van der Waals surface area contributed by atoms with Crippen molar-refractivity contribution in [3.05, 3.63) is 53.6 Å². The van der Waals surface area contributed by atoms with Gasteiger partial charge >= 0.3 is 6.03 Å². The molecule has 0 spiro atoms. The van der Waals surface area contributed by atoms with Crippen molar-refractivity contribution in [2.45, 2.75) is 32.4 Å². The molecule has 0 aliphatic heterocycles. The second-order valence-electron chi connectivity index (χ2n) is 5.67. The summed E-state index contributed by atoms with van der Waals surface area (Å²) in [5.74, 6) is 0. The topological polar surface area (TPSA) is 59.0 Å². The highest BCUT2D eigenvalue weighted by molar-refractivity contribution is 6.30. The van der Waals surface area contributed by atoms with Gasteiger partial charge in [0.05, 0.1) is 11.9 Å². The van der Waals surface area contributed by atoms with Crippen molar-refractivity contribution in [1.29, 1.82) is 0 Å². The van der Waals surface area contributed by atoms with Gasteiger partial charge in [-0.25, -0.2) is 9.78 Å². The summed E-state index contributed by atoms with van der Waals surface area (Å²) in [4.78, 5) is 16.0. The van der Waals surface area contributed by atoms with Crippen LogP contribution in [0.25, 0.3) is 0 Å². The smallest absolute Gasteiger partial charge is 0.315 e. The molecule has 2 N–H and O–H groups in total. The molecule has 0 aliphatic rings. The van der Waals surface area contributed by atoms with Crippen LogP contribution in [0.15, 0.2) is 43.0 Å². The summed E-state index contributed by atoms with van der Waals surface area (Å²) >= 11 is 6.00. The van der Waals surface area contributed by atoms with E-state index in [1.54, 1.807) is 12.5 Å². The van der Waals surface area contributed by atoms with Crippen LogP contribution < -0.4 is 10.6 Å². The number of benzene rings is 1. The number of rotatable bonds is 6. The monoisotopic (exact) mass is 320 g/mol. The van der Waals surface area contributed by atoms with Gasteiger partial charge in [0.2, 0.25) is 0 Å². The first-order chi connectivity index (χ1) is 10.5. The molecule has 2 amide bonds. The van der Waals surface area contributed by atoms with Gasteiger partial charge in [0.1, 0.15) is 0 Å². The molecule has 0 aliphatic carbocycles. The second kappa shape index (κ2) is 7.31. The third-order valence-electron chi connectivity index (χ3n) is 3.41. The van der Waals surface area contributed by atoms with Gasteiger partial charge in [-0.15, -0.1) is 0 Å². The maximum atomic E-state index is 12.0. The predicted molar refractivity (Wildman–Crippen MR) is 87.9 cm³/mol. The van der Waals surface area contributed by atoms with Crippen LogP contribution in [0.4, 0.5) is 4.79 Å². The molecular weight excluding hydrogens is 300 g/mol. The number of aromatic nitrogens is 2. The van der Waals surface area contributed by atoms with Gasteiger partial charge in [0.25, 0.3) is 0 Å². The van der Waals surface area contributed by atoms with Crippen molar-refractivity contribution in [2.75, 3.05) is 6.54 Å². The molecule has 0 fully saturated rings. The Morgan fingerprint density at radius 1 is 1.41 bits per heavy atom. The first-order valence-corrected chi connectivity index (χ1v) is 7.63. The Morgan fingerprint density at radius 2 is 2.23 bits per heavy atom. The largest absolute Gasteiger partial charge is 0.338 e. The molecule has 2 aromatic rings. The number of hydrogen-bond acceptors (Lipinski definition) is 2. The molecule has 0 atom stereocenters. The lowest BCUT2D eigenvalue weighted by Gasteiger charge is -2.27. The zero-order valence-electron chi connectivity index (χ0n) is 12.8. The Hall–Kier alpha value is -2.01. The van der Waals surface area contributed by atoms with E-state index < -0.39 is 5.54 Å². The normalized spacial score (nSPS) is 11.2. The summed E-state index contributed by atoms with van der Waals surface area (Å²) in [6.45, 7) is 5.33. The highest BCUT2D eigenvalue weighted by Gasteiger charge is 2.22. The molecule has 0 unspecified atom stereocenters. The van der Waals surface area contributed by atoms with Crippen molar-refractivity contribution >= 4 is 17.6 Å². The first-order valence-electron chi connectivity index (χ1n) is 7.25. The average Bonchev–Trinajstić information content (AvgIpc) is 2.96. The number of hydrogen-bond donors (Lipinski definition) is 2. The fraction of sp³-hybridized carbons (Fsp3) is 0.375. The number of halogens is 1. The second-order valence-corrected chi connectivity index (χ2v) is 6.11. The molecule has 6 heteroatoms. The Bertz CT molecular complexity index is 610. The predicted octanol–water partition coefficient (Wildman–Crippen LogP) is 3.16. The van der Waals surface area contributed by atoms with Gasteiger partial charge in [-0.2, -0.15) is 0 Å². The number of carbonyl (C=O) groups excluding carboxylic acids is 1. The van der Waals surface area contributed by atoms with E-state index in [2.05, 4.69) is 15.6 Å². The standard InChI is InChI=1S/C16H21ClN4O/c1-16(2,13-5-3-6-14(17)11-13)20-15(22)19-7-4-9-21-10-8-18-12-21/h3,5-6,8,10-12H,4,7,9H2,1-2H3,(H2,19,20,22). The summed E-state index contributed by atoms with van der Waals surface area (Å²) in [6, 6.07) is 7.32. The number of nitrogens with zero attached hydrogens (tertiary/aromatic N) is 2.